The van der Waals surface area contributed by atoms with Crippen molar-refractivity contribution in [1.29, 1.82) is 0 Å². The normalized spacial score (nSPS) is 20.7. The molecule has 1 atom stereocenters. The van der Waals surface area contributed by atoms with Gasteiger partial charge >= 0.3 is 6.09 Å². The SMILES string of the molecule is C[C@@H]1Cn2ncc(I)c2CN1C(=O)O. The van der Waals surface area contributed by atoms with Crippen LogP contribution in [0.3, 0.4) is 0 Å². The van der Waals surface area contributed by atoms with Crippen molar-refractivity contribution < 1.29 is 9.90 Å². The molecule has 0 fully saturated rings. The lowest BCUT2D eigenvalue weighted by Crippen LogP contribution is -2.44. The second-order valence-corrected chi connectivity index (χ2v) is 4.54. The van der Waals surface area contributed by atoms with E-state index in [4.69, 9.17) is 5.11 Å². The Morgan fingerprint density at radius 2 is 2.50 bits per heavy atom. The Morgan fingerprint density at radius 3 is 3.14 bits per heavy atom. The molecule has 0 bridgehead atoms. The van der Waals surface area contributed by atoms with E-state index < -0.39 is 6.09 Å². The maximum absolute atomic E-state index is 10.9. The van der Waals surface area contributed by atoms with Crippen LogP contribution in [0, 0.1) is 3.57 Å². The predicted molar refractivity (Wildman–Crippen MR) is 58.0 cm³/mol. The lowest BCUT2D eigenvalue weighted by molar-refractivity contribution is 0.105. The van der Waals surface area contributed by atoms with Crippen LogP contribution in [0.1, 0.15) is 12.6 Å². The third kappa shape index (κ3) is 1.47. The monoisotopic (exact) mass is 307 g/mol. The van der Waals surface area contributed by atoms with Gasteiger partial charge in [-0.15, -0.1) is 0 Å². The first-order chi connectivity index (χ1) is 6.59. The van der Waals surface area contributed by atoms with Crippen LogP contribution in [-0.4, -0.2) is 31.9 Å². The van der Waals surface area contributed by atoms with Gasteiger partial charge < -0.3 is 5.11 Å². The molecule has 2 heterocycles. The number of fused-ring (bicyclic) bond motifs is 1. The third-order valence-corrected chi connectivity index (χ3v) is 3.33. The van der Waals surface area contributed by atoms with Crippen LogP contribution < -0.4 is 0 Å². The van der Waals surface area contributed by atoms with Crippen LogP contribution in [0.4, 0.5) is 4.79 Å². The molecule has 1 amide bonds. The number of nitrogens with zero attached hydrogens (tertiary/aromatic N) is 3. The number of amides is 1. The van der Waals surface area contributed by atoms with Gasteiger partial charge in [-0.2, -0.15) is 5.10 Å². The molecule has 1 aromatic rings. The summed E-state index contributed by atoms with van der Waals surface area (Å²) in [6.45, 7) is 2.98. The first-order valence-electron chi connectivity index (χ1n) is 4.29. The van der Waals surface area contributed by atoms with Gasteiger partial charge in [-0.05, 0) is 29.5 Å². The summed E-state index contributed by atoms with van der Waals surface area (Å²) in [4.78, 5) is 12.3. The average molecular weight is 307 g/mol. The van der Waals surface area contributed by atoms with E-state index in [-0.39, 0.29) is 6.04 Å². The minimum atomic E-state index is -0.860. The lowest BCUT2D eigenvalue weighted by atomic mass is 10.2. The molecule has 1 aliphatic heterocycles. The predicted octanol–water partition coefficient (Wildman–Crippen LogP) is 1.37. The molecular formula is C8H10IN3O2. The van der Waals surface area contributed by atoms with Gasteiger partial charge in [0, 0.05) is 0 Å². The van der Waals surface area contributed by atoms with Crippen molar-refractivity contribution in [2.24, 2.45) is 0 Å². The molecular weight excluding hydrogens is 297 g/mol. The minimum Gasteiger partial charge on any atom is -0.465 e. The molecule has 14 heavy (non-hydrogen) atoms. The van der Waals surface area contributed by atoms with Crippen molar-refractivity contribution in [3.05, 3.63) is 15.5 Å². The van der Waals surface area contributed by atoms with Gasteiger partial charge in [0.1, 0.15) is 0 Å². The van der Waals surface area contributed by atoms with Crippen LogP contribution in [0.15, 0.2) is 6.20 Å². The van der Waals surface area contributed by atoms with Gasteiger partial charge in [-0.25, -0.2) is 4.79 Å². The van der Waals surface area contributed by atoms with E-state index in [0.717, 1.165) is 9.26 Å². The number of halogens is 1. The summed E-state index contributed by atoms with van der Waals surface area (Å²) in [6.07, 6.45) is 0.911. The number of hydrogen-bond donors (Lipinski definition) is 1. The van der Waals surface area contributed by atoms with Gasteiger partial charge in [0.2, 0.25) is 0 Å². The van der Waals surface area contributed by atoms with E-state index in [1.54, 1.807) is 6.20 Å². The molecule has 1 aliphatic rings. The maximum atomic E-state index is 10.9. The molecule has 76 valence electrons. The van der Waals surface area contributed by atoms with Crippen molar-refractivity contribution in [1.82, 2.24) is 14.7 Å². The highest BCUT2D eigenvalue weighted by Crippen LogP contribution is 2.21. The third-order valence-electron chi connectivity index (χ3n) is 2.43. The fourth-order valence-corrected chi connectivity index (χ4v) is 2.20. The van der Waals surface area contributed by atoms with Crippen LogP contribution in [0.2, 0.25) is 0 Å². The van der Waals surface area contributed by atoms with Crippen LogP contribution >= 0.6 is 22.6 Å². The van der Waals surface area contributed by atoms with E-state index >= 15 is 0 Å². The molecule has 2 rings (SSSR count). The first-order valence-corrected chi connectivity index (χ1v) is 5.37. The van der Waals surface area contributed by atoms with Crippen molar-refractivity contribution in [3.8, 4) is 0 Å². The van der Waals surface area contributed by atoms with E-state index in [2.05, 4.69) is 27.7 Å². The zero-order chi connectivity index (χ0) is 10.3. The van der Waals surface area contributed by atoms with Crippen LogP contribution in [-0.2, 0) is 13.1 Å². The molecule has 0 spiro atoms. The quantitative estimate of drug-likeness (QED) is 0.737. The largest absolute Gasteiger partial charge is 0.465 e. The van der Waals surface area contributed by atoms with Gasteiger partial charge in [-0.3, -0.25) is 9.58 Å². The number of hydrogen-bond acceptors (Lipinski definition) is 2. The summed E-state index contributed by atoms with van der Waals surface area (Å²) in [7, 11) is 0. The zero-order valence-electron chi connectivity index (χ0n) is 7.64. The molecule has 5 nitrogen and oxygen atoms in total. The van der Waals surface area contributed by atoms with Crippen molar-refractivity contribution in [2.45, 2.75) is 26.1 Å². The highest BCUT2D eigenvalue weighted by atomic mass is 127. The molecule has 0 saturated heterocycles. The van der Waals surface area contributed by atoms with Gasteiger partial charge in [-0.1, -0.05) is 0 Å². The Bertz CT molecular complexity index is 377. The minimum absolute atomic E-state index is 0.00398. The van der Waals surface area contributed by atoms with E-state index in [9.17, 15) is 4.79 Å². The van der Waals surface area contributed by atoms with Gasteiger partial charge in [0.05, 0.1) is 34.6 Å². The average Bonchev–Trinajstić information content (AvgIpc) is 2.46. The van der Waals surface area contributed by atoms with E-state index in [1.807, 2.05) is 11.6 Å². The molecule has 0 unspecified atom stereocenters. The summed E-state index contributed by atoms with van der Waals surface area (Å²) in [5.41, 5.74) is 0.992. The summed E-state index contributed by atoms with van der Waals surface area (Å²) in [5.74, 6) is 0. The second-order valence-electron chi connectivity index (χ2n) is 3.38. The maximum Gasteiger partial charge on any atom is 0.407 e. The van der Waals surface area contributed by atoms with Crippen molar-refractivity contribution >= 4 is 28.7 Å². The Hall–Kier alpha value is -0.790. The number of carbonyl (C=O) groups is 1. The summed E-state index contributed by atoms with van der Waals surface area (Å²) in [5, 5.41) is 13.1. The van der Waals surface area contributed by atoms with Crippen molar-refractivity contribution in [3.63, 3.8) is 0 Å². The highest BCUT2D eigenvalue weighted by Gasteiger charge is 2.28. The fourth-order valence-electron chi connectivity index (χ4n) is 1.62. The molecule has 0 aromatic carbocycles. The smallest absolute Gasteiger partial charge is 0.407 e. The fraction of sp³-hybridized carbons (Fsp3) is 0.500. The lowest BCUT2D eigenvalue weighted by Gasteiger charge is -2.31. The topological polar surface area (TPSA) is 58.4 Å². The van der Waals surface area contributed by atoms with Crippen LogP contribution in [0.5, 0.6) is 0 Å². The summed E-state index contributed by atoms with van der Waals surface area (Å²) < 4.78 is 2.91. The molecule has 6 heteroatoms. The molecule has 1 aromatic heterocycles. The second kappa shape index (κ2) is 3.41. The Morgan fingerprint density at radius 1 is 1.79 bits per heavy atom. The molecule has 0 saturated carbocycles. The Labute approximate surface area is 94.8 Å². The molecule has 1 N–H and O–H groups in total. The summed E-state index contributed by atoms with van der Waals surface area (Å²) in [6, 6.07) is -0.00398. The van der Waals surface area contributed by atoms with Crippen LogP contribution in [0.25, 0.3) is 0 Å². The number of rotatable bonds is 0. The first kappa shape index (κ1) is 9.75. The van der Waals surface area contributed by atoms with E-state index in [1.165, 1.54) is 4.90 Å². The number of carboxylic acid groups (broad SMARTS) is 1. The Kier molecular flexibility index (Phi) is 2.38. The summed E-state index contributed by atoms with van der Waals surface area (Å²) >= 11 is 2.18. The Balaban J connectivity index is 2.33. The van der Waals surface area contributed by atoms with E-state index in [0.29, 0.717) is 13.1 Å². The standard InChI is InChI=1S/C8H10IN3O2/c1-5-3-12-7(6(9)2-10-12)4-11(5)8(13)14/h2,5H,3-4H2,1H3,(H,13,14)/t5-/m1/s1. The highest BCUT2D eigenvalue weighted by molar-refractivity contribution is 14.1. The van der Waals surface area contributed by atoms with Gasteiger partial charge in [0.25, 0.3) is 0 Å². The zero-order valence-corrected chi connectivity index (χ0v) is 9.80. The molecule has 0 radical (unpaired) electrons. The number of aromatic nitrogens is 2. The van der Waals surface area contributed by atoms with Gasteiger partial charge in [0.15, 0.2) is 0 Å². The van der Waals surface area contributed by atoms with Crippen molar-refractivity contribution in [2.75, 3.05) is 0 Å². The molecule has 0 aliphatic carbocycles.